The van der Waals surface area contributed by atoms with Crippen LogP contribution in [-0.2, 0) is 19.6 Å². The maximum absolute atomic E-state index is 5.83. The third-order valence-corrected chi connectivity index (χ3v) is 5.28. The average Bonchev–Trinajstić information content (AvgIpc) is 2.55. The van der Waals surface area contributed by atoms with Crippen LogP contribution in [0.1, 0.15) is 64.2 Å². The van der Waals surface area contributed by atoms with Crippen LogP contribution >= 0.6 is 0 Å². The fourth-order valence-corrected chi connectivity index (χ4v) is 3.92. The van der Waals surface area contributed by atoms with Gasteiger partial charge in [0.2, 0.25) is 11.6 Å². The molecule has 3 aliphatic rings. The second-order valence-corrected chi connectivity index (χ2v) is 6.66. The first-order valence-corrected chi connectivity index (χ1v) is 8.35. The van der Waals surface area contributed by atoms with Crippen LogP contribution in [0.15, 0.2) is 0 Å². The zero-order valence-electron chi connectivity index (χ0n) is 13.0. The molecular formula is C18H24O4. The lowest BCUT2D eigenvalue weighted by atomic mass is 9.80. The standard InChI is InChI=1S/C18H24O4/c1-3-9-15-11-5-7-13-17(15)19-21-18(22-20-17)14-8-6-12-16(18)10-4-2/h1-2,15-16H,5-14H2/t15-,16+,17?,18?. The Bertz CT molecular complexity index is 420. The Morgan fingerprint density at radius 2 is 1.14 bits per heavy atom. The van der Waals surface area contributed by atoms with Gasteiger partial charge in [-0.25, -0.2) is 0 Å². The molecule has 3 fully saturated rings. The highest BCUT2D eigenvalue weighted by molar-refractivity contribution is 4.97. The Hall–Kier alpha value is -1.04. The van der Waals surface area contributed by atoms with Gasteiger partial charge in [0, 0.05) is 37.5 Å². The molecular weight excluding hydrogens is 280 g/mol. The molecule has 4 nitrogen and oxygen atoms in total. The minimum Gasteiger partial charge on any atom is -0.195 e. The van der Waals surface area contributed by atoms with E-state index in [4.69, 9.17) is 32.4 Å². The Morgan fingerprint density at radius 3 is 1.50 bits per heavy atom. The molecule has 0 aromatic carbocycles. The topological polar surface area (TPSA) is 36.9 Å². The monoisotopic (exact) mass is 304 g/mol. The quantitative estimate of drug-likeness (QED) is 0.575. The van der Waals surface area contributed by atoms with Gasteiger partial charge < -0.3 is 0 Å². The van der Waals surface area contributed by atoms with Crippen LogP contribution in [0.25, 0.3) is 0 Å². The van der Waals surface area contributed by atoms with Crippen molar-refractivity contribution in [2.75, 3.05) is 0 Å². The molecule has 2 aliphatic carbocycles. The van der Waals surface area contributed by atoms with Crippen LogP contribution < -0.4 is 0 Å². The number of hydrogen-bond acceptors (Lipinski definition) is 4. The third-order valence-electron chi connectivity index (χ3n) is 5.28. The lowest BCUT2D eigenvalue weighted by Gasteiger charge is -2.50. The fraction of sp³-hybridized carbons (Fsp3) is 0.778. The largest absolute Gasteiger partial charge is 0.237 e. The van der Waals surface area contributed by atoms with Gasteiger partial charge in [0.05, 0.1) is 0 Å². The van der Waals surface area contributed by atoms with E-state index in [1.807, 2.05) is 0 Å². The predicted molar refractivity (Wildman–Crippen MR) is 80.6 cm³/mol. The molecule has 1 aliphatic heterocycles. The first kappa shape index (κ1) is 15.8. The van der Waals surface area contributed by atoms with Gasteiger partial charge >= 0.3 is 0 Å². The summed E-state index contributed by atoms with van der Waals surface area (Å²) < 4.78 is 0. The van der Waals surface area contributed by atoms with Crippen LogP contribution in [0, 0.1) is 36.5 Å². The molecule has 120 valence electrons. The summed E-state index contributed by atoms with van der Waals surface area (Å²) in [4.78, 5) is 23.3. The zero-order chi connectivity index (χ0) is 15.5. The Labute approximate surface area is 132 Å². The molecule has 0 radical (unpaired) electrons. The first-order chi connectivity index (χ1) is 10.7. The van der Waals surface area contributed by atoms with Crippen molar-refractivity contribution in [3.8, 4) is 24.7 Å². The fourth-order valence-electron chi connectivity index (χ4n) is 3.92. The molecule has 0 N–H and O–H groups in total. The molecule has 0 aromatic heterocycles. The molecule has 0 amide bonds. The van der Waals surface area contributed by atoms with E-state index in [2.05, 4.69) is 11.8 Å². The summed E-state index contributed by atoms with van der Waals surface area (Å²) in [7, 11) is 0. The summed E-state index contributed by atoms with van der Waals surface area (Å²) in [6.07, 6.45) is 19.9. The highest BCUT2D eigenvalue weighted by Gasteiger charge is 2.56. The Morgan fingerprint density at radius 1 is 0.727 bits per heavy atom. The maximum atomic E-state index is 5.83. The van der Waals surface area contributed by atoms with E-state index in [1.54, 1.807) is 0 Å². The molecule has 0 unspecified atom stereocenters. The van der Waals surface area contributed by atoms with Gasteiger partial charge in [-0.1, -0.05) is 12.8 Å². The molecule has 2 atom stereocenters. The van der Waals surface area contributed by atoms with Crippen LogP contribution in [0.2, 0.25) is 0 Å². The van der Waals surface area contributed by atoms with Gasteiger partial charge in [0.15, 0.2) is 0 Å². The van der Waals surface area contributed by atoms with E-state index >= 15 is 0 Å². The van der Waals surface area contributed by atoms with Crippen molar-refractivity contribution in [3.63, 3.8) is 0 Å². The van der Waals surface area contributed by atoms with Gasteiger partial charge in [-0.05, 0) is 25.7 Å². The average molecular weight is 304 g/mol. The van der Waals surface area contributed by atoms with E-state index in [0.717, 1.165) is 51.4 Å². The van der Waals surface area contributed by atoms with Crippen molar-refractivity contribution in [2.45, 2.75) is 75.8 Å². The summed E-state index contributed by atoms with van der Waals surface area (Å²) in [6, 6.07) is 0. The summed E-state index contributed by atoms with van der Waals surface area (Å²) >= 11 is 0. The predicted octanol–water partition coefficient (Wildman–Crippen LogP) is 3.72. The van der Waals surface area contributed by atoms with Gasteiger partial charge in [0.25, 0.3) is 0 Å². The minimum absolute atomic E-state index is 0.110. The van der Waals surface area contributed by atoms with E-state index in [-0.39, 0.29) is 11.8 Å². The lowest BCUT2D eigenvalue weighted by molar-refractivity contribution is -0.675. The minimum atomic E-state index is -0.853. The molecule has 22 heavy (non-hydrogen) atoms. The van der Waals surface area contributed by atoms with Crippen LogP contribution in [0.4, 0.5) is 0 Å². The Kier molecular flexibility index (Phi) is 4.76. The highest BCUT2D eigenvalue weighted by Crippen LogP contribution is 2.49. The van der Waals surface area contributed by atoms with Gasteiger partial charge in [-0.15, -0.1) is 24.7 Å². The van der Waals surface area contributed by atoms with Crippen molar-refractivity contribution in [1.82, 2.24) is 0 Å². The van der Waals surface area contributed by atoms with E-state index in [0.29, 0.717) is 12.8 Å². The van der Waals surface area contributed by atoms with E-state index in [9.17, 15) is 0 Å². The molecule has 0 aromatic rings. The maximum Gasteiger partial charge on any atom is 0.237 e. The number of hydrogen-bond donors (Lipinski definition) is 0. The highest BCUT2D eigenvalue weighted by atomic mass is 17.4. The molecule has 0 bridgehead atoms. The van der Waals surface area contributed by atoms with Crippen molar-refractivity contribution in [3.05, 3.63) is 0 Å². The third kappa shape index (κ3) is 2.77. The van der Waals surface area contributed by atoms with Crippen molar-refractivity contribution >= 4 is 0 Å². The molecule has 2 saturated carbocycles. The Balaban J connectivity index is 1.72. The second-order valence-electron chi connectivity index (χ2n) is 6.66. The molecule has 1 heterocycles. The van der Waals surface area contributed by atoms with Crippen LogP contribution in [-0.4, -0.2) is 11.6 Å². The SMILES string of the molecule is C#CC[C@@H]1CCCCC12OOC1(CCCC[C@@H]1CC#C)OO2. The number of terminal acetylenes is 2. The lowest BCUT2D eigenvalue weighted by Crippen LogP contribution is -2.58. The second kappa shape index (κ2) is 6.60. The summed E-state index contributed by atoms with van der Waals surface area (Å²) in [5.74, 6) is 3.94. The van der Waals surface area contributed by atoms with E-state index < -0.39 is 11.6 Å². The number of rotatable bonds is 2. The van der Waals surface area contributed by atoms with Crippen molar-refractivity contribution in [2.24, 2.45) is 11.8 Å². The smallest absolute Gasteiger partial charge is 0.195 e. The summed E-state index contributed by atoms with van der Waals surface area (Å²) in [5.41, 5.74) is 0. The van der Waals surface area contributed by atoms with Crippen LogP contribution in [0.3, 0.4) is 0 Å². The van der Waals surface area contributed by atoms with Gasteiger partial charge in [-0.2, -0.15) is 19.6 Å². The zero-order valence-corrected chi connectivity index (χ0v) is 13.0. The van der Waals surface area contributed by atoms with Gasteiger partial charge in [-0.3, -0.25) is 0 Å². The van der Waals surface area contributed by atoms with Crippen molar-refractivity contribution in [1.29, 1.82) is 0 Å². The van der Waals surface area contributed by atoms with Crippen molar-refractivity contribution < 1.29 is 19.6 Å². The molecule has 4 heteroatoms. The normalized spacial score (nSPS) is 41.9. The van der Waals surface area contributed by atoms with Crippen LogP contribution in [0.5, 0.6) is 0 Å². The summed E-state index contributed by atoms with van der Waals surface area (Å²) in [5, 5.41) is 0. The molecule has 1 saturated heterocycles. The molecule has 2 spiro atoms. The first-order valence-electron chi connectivity index (χ1n) is 8.35. The summed E-state index contributed by atoms with van der Waals surface area (Å²) in [6.45, 7) is 0. The molecule has 3 rings (SSSR count). The van der Waals surface area contributed by atoms with Gasteiger partial charge in [0.1, 0.15) is 0 Å². The van der Waals surface area contributed by atoms with E-state index in [1.165, 1.54) is 0 Å².